The molecule has 2 heterocycles. The predicted octanol–water partition coefficient (Wildman–Crippen LogP) is 2.74. The Morgan fingerprint density at radius 3 is 2.88 bits per heavy atom. The molecule has 130 valence electrons. The summed E-state index contributed by atoms with van der Waals surface area (Å²) in [6, 6.07) is 9.86. The van der Waals surface area contributed by atoms with E-state index < -0.39 is 12.0 Å². The lowest BCUT2D eigenvalue weighted by molar-refractivity contribution is -0.143. The fourth-order valence-electron chi connectivity index (χ4n) is 2.97. The van der Waals surface area contributed by atoms with E-state index in [0.717, 1.165) is 18.4 Å². The van der Waals surface area contributed by atoms with Crippen LogP contribution in [0.5, 0.6) is 5.75 Å². The van der Waals surface area contributed by atoms with Crippen LogP contribution in [0, 0.1) is 0 Å². The lowest BCUT2D eigenvalue weighted by Crippen LogP contribution is -2.47. The van der Waals surface area contributed by atoms with Crippen LogP contribution in [0.25, 0.3) is 0 Å². The highest BCUT2D eigenvalue weighted by molar-refractivity contribution is 5.97. The highest BCUT2D eigenvalue weighted by Crippen LogP contribution is 2.22. The van der Waals surface area contributed by atoms with Crippen molar-refractivity contribution in [3.63, 3.8) is 0 Å². The van der Waals surface area contributed by atoms with Gasteiger partial charge < -0.3 is 14.7 Å². The number of hydrogen-bond acceptors (Lipinski definition) is 4. The van der Waals surface area contributed by atoms with Gasteiger partial charge in [0.05, 0.1) is 0 Å². The highest BCUT2D eigenvalue weighted by Gasteiger charge is 2.32. The molecular weight excluding hydrogens is 320 g/mol. The summed E-state index contributed by atoms with van der Waals surface area (Å²) in [6.45, 7) is 0.823. The zero-order valence-corrected chi connectivity index (χ0v) is 13.8. The molecule has 0 spiro atoms. The van der Waals surface area contributed by atoms with Crippen molar-refractivity contribution < 1.29 is 19.4 Å². The van der Waals surface area contributed by atoms with E-state index in [2.05, 4.69) is 4.98 Å². The number of ether oxygens (including phenoxy) is 1. The maximum absolute atomic E-state index is 12.7. The van der Waals surface area contributed by atoms with Crippen molar-refractivity contribution >= 4 is 11.9 Å². The average Bonchev–Trinajstić information content (AvgIpc) is 2.67. The molecule has 1 aliphatic heterocycles. The quantitative estimate of drug-likeness (QED) is 0.905. The Labute approximate surface area is 146 Å². The number of benzene rings is 1. The Morgan fingerprint density at radius 2 is 2.12 bits per heavy atom. The van der Waals surface area contributed by atoms with Crippen molar-refractivity contribution in [2.75, 3.05) is 6.54 Å². The van der Waals surface area contributed by atoms with Crippen molar-refractivity contribution in [1.29, 1.82) is 0 Å². The van der Waals surface area contributed by atoms with Gasteiger partial charge in [-0.3, -0.25) is 9.78 Å². The van der Waals surface area contributed by atoms with Crippen LogP contribution in [-0.4, -0.2) is 39.5 Å². The summed E-state index contributed by atoms with van der Waals surface area (Å²) in [4.78, 5) is 29.6. The summed E-state index contributed by atoms with van der Waals surface area (Å²) in [5.41, 5.74) is 1.37. The van der Waals surface area contributed by atoms with Crippen LogP contribution in [0.15, 0.2) is 48.8 Å². The van der Waals surface area contributed by atoms with Crippen LogP contribution >= 0.6 is 0 Å². The molecule has 0 unspecified atom stereocenters. The SMILES string of the molecule is O=C(O)[C@@H]1CCCCN1C(=O)c1cccc(OCc2cccnc2)c1. The Kier molecular flexibility index (Phi) is 5.28. The van der Waals surface area contributed by atoms with Crippen molar-refractivity contribution in [2.45, 2.75) is 31.9 Å². The van der Waals surface area contributed by atoms with Crippen molar-refractivity contribution in [1.82, 2.24) is 9.88 Å². The number of pyridine rings is 1. The zero-order valence-electron chi connectivity index (χ0n) is 13.8. The smallest absolute Gasteiger partial charge is 0.326 e. The minimum absolute atomic E-state index is 0.265. The second-order valence-corrected chi connectivity index (χ2v) is 6.03. The van der Waals surface area contributed by atoms with E-state index in [0.29, 0.717) is 30.9 Å². The molecule has 1 aliphatic rings. The van der Waals surface area contributed by atoms with Crippen molar-refractivity contribution in [3.8, 4) is 5.75 Å². The molecule has 1 fully saturated rings. The van der Waals surface area contributed by atoms with Gasteiger partial charge in [-0.05, 0) is 43.5 Å². The van der Waals surface area contributed by atoms with Gasteiger partial charge in [-0.2, -0.15) is 0 Å². The van der Waals surface area contributed by atoms with Crippen LogP contribution in [0.2, 0.25) is 0 Å². The molecular formula is C19H20N2O4. The molecule has 1 saturated heterocycles. The van der Waals surface area contributed by atoms with Gasteiger partial charge in [0.1, 0.15) is 18.4 Å². The first-order chi connectivity index (χ1) is 12.1. The van der Waals surface area contributed by atoms with Gasteiger partial charge in [-0.1, -0.05) is 12.1 Å². The molecule has 6 nitrogen and oxygen atoms in total. The number of carboxylic acid groups (broad SMARTS) is 1. The summed E-state index contributed by atoms with van der Waals surface area (Å²) >= 11 is 0. The first kappa shape index (κ1) is 17.0. The Hall–Kier alpha value is -2.89. The zero-order chi connectivity index (χ0) is 17.6. The van der Waals surface area contributed by atoms with Gasteiger partial charge in [0.2, 0.25) is 0 Å². The molecule has 1 atom stereocenters. The van der Waals surface area contributed by atoms with E-state index in [1.807, 2.05) is 12.1 Å². The molecule has 25 heavy (non-hydrogen) atoms. The maximum Gasteiger partial charge on any atom is 0.326 e. The van der Waals surface area contributed by atoms with E-state index in [1.165, 1.54) is 4.90 Å². The fraction of sp³-hybridized carbons (Fsp3) is 0.316. The normalized spacial score (nSPS) is 17.1. The molecule has 3 rings (SSSR count). The molecule has 1 aromatic carbocycles. The van der Waals surface area contributed by atoms with Gasteiger partial charge in [0, 0.05) is 30.1 Å². The number of piperidine rings is 1. The molecule has 0 bridgehead atoms. The van der Waals surface area contributed by atoms with Crippen LogP contribution < -0.4 is 4.74 Å². The van der Waals surface area contributed by atoms with Crippen LogP contribution in [0.1, 0.15) is 35.2 Å². The van der Waals surface area contributed by atoms with Gasteiger partial charge >= 0.3 is 5.97 Å². The fourth-order valence-corrected chi connectivity index (χ4v) is 2.97. The van der Waals surface area contributed by atoms with Gasteiger partial charge in [-0.15, -0.1) is 0 Å². The summed E-state index contributed by atoms with van der Waals surface area (Å²) in [5, 5.41) is 9.34. The molecule has 1 amide bonds. The number of nitrogens with zero attached hydrogens (tertiary/aromatic N) is 2. The van der Waals surface area contributed by atoms with Crippen molar-refractivity contribution in [2.24, 2.45) is 0 Å². The van der Waals surface area contributed by atoms with Crippen LogP contribution in [0.4, 0.5) is 0 Å². The van der Waals surface area contributed by atoms with Crippen molar-refractivity contribution in [3.05, 3.63) is 59.9 Å². The molecule has 1 N–H and O–H groups in total. The van der Waals surface area contributed by atoms with Gasteiger partial charge in [-0.25, -0.2) is 4.79 Å². The number of amides is 1. The van der Waals surface area contributed by atoms with E-state index in [9.17, 15) is 14.7 Å². The number of carbonyl (C=O) groups excluding carboxylic acids is 1. The summed E-state index contributed by atoms with van der Waals surface area (Å²) in [7, 11) is 0. The van der Waals surface area contributed by atoms with E-state index in [-0.39, 0.29) is 5.91 Å². The van der Waals surface area contributed by atoms with Gasteiger partial charge in [0.15, 0.2) is 0 Å². The Morgan fingerprint density at radius 1 is 1.24 bits per heavy atom. The summed E-state index contributed by atoms with van der Waals surface area (Å²) in [5.74, 6) is -0.644. The minimum atomic E-state index is -0.947. The molecule has 0 saturated carbocycles. The monoisotopic (exact) mass is 340 g/mol. The van der Waals surface area contributed by atoms with Crippen LogP contribution in [0.3, 0.4) is 0 Å². The Balaban J connectivity index is 1.71. The summed E-state index contributed by atoms with van der Waals surface area (Å²) in [6.07, 6.45) is 5.57. The average molecular weight is 340 g/mol. The molecule has 0 radical (unpaired) electrons. The maximum atomic E-state index is 12.7. The first-order valence-electron chi connectivity index (χ1n) is 8.30. The standard InChI is InChI=1S/C19H20N2O4/c22-18(21-10-2-1-8-17(21)19(23)24)15-6-3-7-16(11-15)25-13-14-5-4-9-20-12-14/h3-7,9,11-12,17H,1-2,8,10,13H2,(H,23,24)/t17-/m0/s1. The van der Waals surface area contributed by atoms with E-state index in [4.69, 9.17) is 4.74 Å². The minimum Gasteiger partial charge on any atom is -0.489 e. The number of carboxylic acids is 1. The lowest BCUT2D eigenvalue weighted by atomic mass is 10.0. The highest BCUT2D eigenvalue weighted by atomic mass is 16.5. The molecule has 2 aromatic rings. The second kappa shape index (κ2) is 7.79. The van der Waals surface area contributed by atoms with E-state index in [1.54, 1.807) is 36.7 Å². The second-order valence-electron chi connectivity index (χ2n) is 6.03. The largest absolute Gasteiger partial charge is 0.489 e. The van der Waals surface area contributed by atoms with E-state index >= 15 is 0 Å². The summed E-state index contributed by atoms with van der Waals surface area (Å²) < 4.78 is 5.72. The molecule has 6 heteroatoms. The first-order valence-corrected chi connectivity index (χ1v) is 8.30. The topological polar surface area (TPSA) is 79.7 Å². The predicted molar refractivity (Wildman–Crippen MR) is 91.3 cm³/mol. The number of aromatic nitrogens is 1. The number of likely N-dealkylation sites (tertiary alicyclic amines) is 1. The molecule has 0 aliphatic carbocycles. The van der Waals surface area contributed by atoms with Crippen LogP contribution in [-0.2, 0) is 11.4 Å². The Bertz CT molecular complexity index is 748. The number of hydrogen-bond donors (Lipinski definition) is 1. The number of carbonyl (C=O) groups is 2. The van der Waals surface area contributed by atoms with Gasteiger partial charge in [0.25, 0.3) is 5.91 Å². The number of aliphatic carboxylic acids is 1. The number of rotatable bonds is 5. The third kappa shape index (κ3) is 4.15. The lowest BCUT2D eigenvalue weighted by Gasteiger charge is -2.33. The third-order valence-corrected chi connectivity index (χ3v) is 4.26. The molecule has 1 aromatic heterocycles. The third-order valence-electron chi connectivity index (χ3n) is 4.26.